The van der Waals surface area contributed by atoms with Gasteiger partial charge in [0.05, 0.1) is 0 Å². The van der Waals surface area contributed by atoms with Crippen LogP contribution in [0.25, 0.3) is 0 Å². The highest BCUT2D eigenvalue weighted by Gasteiger charge is 2.16. The third-order valence-corrected chi connectivity index (χ3v) is 3.27. The highest BCUT2D eigenvalue weighted by Crippen LogP contribution is 2.38. The van der Waals surface area contributed by atoms with Gasteiger partial charge in [-0.1, -0.05) is 32.3 Å². The largest absolute Gasteiger partial charge is 0.488 e. The number of fused-ring (bicyclic) bond motifs is 1. The van der Waals surface area contributed by atoms with Gasteiger partial charge in [0.25, 0.3) is 0 Å². The molecule has 1 aromatic rings. The number of rotatable bonds is 9. The van der Waals surface area contributed by atoms with Gasteiger partial charge in [-0.2, -0.15) is 0 Å². The molecular formula is C16H25NO3. The van der Waals surface area contributed by atoms with Crippen molar-refractivity contribution in [1.82, 2.24) is 5.32 Å². The van der Waals surface area contributed by atoms with Crippen molar-refractivity contribution in [3.63, 3.8) is 0 Å². The molecule has 0 saturated carbocycles. The Balaban J connectivity index is 1.64. The first-order valence-electron chi connectivity index (χ1n) is 7.64. The van der Waals surface area contributed by atoms with Crippen molar-refractivity contribution in [2.45, 2.75) is 32.6 Å². The number of unbranched alkanes of at least 4 members (excludes halogenated alkanes) is 3. The van der Waals surface area contributed by atoms with Crippen LogP contribution in [-0.4, -0.2) is 32.9 Å². The molecule has 1 heterocycles. The van der Waals surface area contributed by atoms with Crippen molar-refractivity contribution in [3.05, 3.63) is 18.2 Å². The first-order valence-corrected chi connectivity index (χ1v) is 7.64. The van der Waals surface area contributed by atoms with Crippen LogP contribution in [0.1, 0.15) is 32.6 Å². The molecule has 0 aromatic heterocycles. The third-order valence-electron chi connectivity index (χ3n) is 3.27. The molecular weight excluding hydrogens is 254 g/mol. The summed E-state index contributed by atoms with van der Waals surface area (Å²) in [6.45, 7) is 5.99. The Morgan fingerprint density at radius 3 is 2.90 bits per heavy atom. The van der Waals surface area contributed by atoms with Gasteiger partial charge in [0.2, 0.25) is 5.75 Å². The number of nitrogens with one attached hydrogen (secondary N) is 1. The zero-order valence-corrected chi connectivity index (χ0v) is 12.3. The van der Waals surface area contributed by atoms with E-state index in [4.69, 9.17) is 14.2 Å². The van der Waals surface area contributed by atoms with Crippen molar-refractivity contribution in [1.29, 1.82) is 0 Å². The van der Waals surface area contributed by atoms with E-state index in [0.29, 0.717) is 19.8 Å². The minimum Gasteiger partial charge on any atom is -0.488 e. The Morgan fingerprint density at radius 1 is 1.10 bits per heavy atom. The Labute approximate surface area is 121 Å². The lowest BCUT2D eigenvalue weighted by molar-refractivity contribution is 0.162. The average molecular weight is 279 g/mol. The topological polar surface area (TPSA) is 39.7 Å². The number of hydrogen-bond acceptors (Lipinski definition) is 4. The molecule has 0 atom stereocenters. The fraction of sp³-hybridized carbons (Fsp3) is 0.625. The molecule has 0 radical (unpaired) electrons. The summed E-state index contributed by atoms with van der Waals surface area (Å²) in [6, 6.07) is 5.77. The van der Waals surface area contributed by atoms with E-state index in [2.05, 4.69) is 12.2 Å². The second kappa shape index (κ2) is 8.69. The highest BCUT2D eigenvalue weighted by atomic mass is 16.6. The molecule has 1 aliphatic heterocycles. The molecule has 0 fully saturated rings. The molecule has 112 valence electrons. The monoisotopic (exact) mass is 279 g/mol. The molecule has 2 rings (SSSR count). The number of hydrogen-bond donors (Lipinski definition) is 1. The standard InChI is InChI=1S/C16H25NO3/c1-2-3-4-5-9-17-10-11-18-14-7-6-8-15-16(14)20-13-12-19-15/h6-8,17H,2-5,9-13H2,1H3. The summed E-state index contributed by atoms with van der Waals surface area (Å²) >= 11 is 0. The fourth-order valence-electron chi connectivity index (χ4n) is 2.20. The average Bonchev–Trinajstić information content (AvgIpc) is 2.50. The molecule has 1 aliphatic rings. The molecule has 0 amide bonds. The van der Waals surface area contributed by atoms with Crippen LogP contribution < -0.4 is 19.5 Å². The second-order valence-electron chi connectivity index (χ2n) is 4.94. The van der Waals surface area contributed by atoms with E-state index in [1.165, 1.54) is 25.7 Å². The van der Waals surface area contributed by atoms with E-state index >= 15 is 0 Å². The van der Waals surface area contributed by atoms with E-state index in [0.717, 1.165) is 30.3 Å². The van der Waals surface area contributed by atoms with E-state index < -0.39 is 0 Å². The molecule has 0 unspecified atom stereocenters. The molecule has 0 saturated heterocycles. The summed E-state index contributed by atoms with van der Waals surface area (Å²) in [5, 5.41) is 3.40. The molecule has 4 heteroatoms. The van der Waals surface area contributed by atoms with Gasteiger partial charge in [-0.3, -0.25) is 0 Å². The van der Waals surface area contributed by atoms with Gasteiger partial charge in [-0.25, -0.2) is 0 Å². The molecule has 1 N–H and O–H groups in total. The summed E-state index contributed by atoms with van der Waals surface area (Å²) in [5.74, 6) is 2.29. The van der Waals surface area contributed by atoms with Crippen LogP contribution in [0.3, 0.4) is 0 Å². The Kier molecular flexibility index (Phi) is 6.51. The van der Waals surface area contributed by atoms with Gasteiger partial charge in [0.1, 0.15) is 19.8 Å². The van der Waals surface area contributed by atoms with Crippen molar-refractivity contribution in [3.8, 4) is 17.2 Å². The SMILES string of the molecule is CCCCCCNCCOc1cccc2c1OCCO2. The van der Waals surface area contributed by atoms with Crippen molar-refractivity contribution < 1.29 is 14.2 Å². The van der Waals surface area contributed by atoms with Crippen molar-refractivity contribution in [2.24, 2.45) is 0 Å². The molecule has 1 aromatic carbocycles. The number of ether oxygens (including phenoxy) is 3. The molecule has 0 aliphatic carbocycles. The highest BCUT2D eigenvalue weighted by molar-refractivity contribution is 5.51. The Morgan fingerprint density at radius 2 is 2.00 bits per heavy atom. The van der Waals surface area contributed by atoms with Crippen LogP contribution in [0.5, 0.6) is 17.2 Å². The smallest absolute Gasteiger partial charge is 0.203 e. The first-order chi connectivity index (χ1) is 9.92. The maximum Gasteiger partial charge on any atom is 0.203 e. The zero-order chi connectivity index (χ0) is 14.0. The lowest BCUT2D eigenvalue weighted by Crippen LogP contribution is -2.22. The van der Waals surface area contributed by atoms with Gasteiger partial charge in [-0.15, -0.1) is 0 Å². The summed E-state index contributed by atoms with van der Waals surface area (Å²) in [6.07, 6.45) is 5.16. The maximum absolute atomic E-state index is 5.76. The molecule has 4 nitrogen and oxygen atoms in total. The van der Waals surface area contributed by atoms with E-state index in [9.17, 15) is 0 Å². The second-order valence-corrected chi connectivity index (χ2v) is 4.94. The van der Waals surface area contributed by atoms with Gasteiger partial charge >= 0.3 is 0 Å². The third kappa shape index (κ3) is 4.60. The zero-order valence-electron chi connectivity index (χ0n) is 12.3. The number of para-hydroxylation sites is 1. The number of benzene rings is 1. The predicted molar refractivity (Wildman–Crippen MR) is 79.9 cm³/mol. The van der Waals surface area contributed by atoms with Gasteiger partial charge < -0.3 is 19.5 Å². The van der Waals surface area contributed by atoms with E-state index in [1.54, 1.807) is 0 Å². The molecule has 0 spiro atoms. The quantitative estimate of drug-likeness (QED) is 0.705. The Hall–Kier alpha value is -1.42. The van der Waals surface area contributed by atoms with Crippen LogP contribution in [0.4, 0.5) is 0 Å². The molecule has 0 bridgehead atoms. The van der Waals surface area contributed by atoms with Gasteiger partial charge in [0.15, 0.2) is 11.5 Å². The van der Waals surface area contributed by atoms with Crippen molar-refractivity contribution >= 4 is 0 Å². The minimum atomic E-state index is 0.586. The lowest BCUT2D eigenvalue weighted by Gasteiger charge is -2.20. The van der Waals surface area contributed by atoms with Crippen LogP contribution >= 0.6 is 0 Å². The van der Waals surface area contributed by atoms with Crippen LogP contribution in [-0.2, 0) is 0 Å². The van der Waals surface area contributed by atoms with Crippen molar-refractivity contribution in [2.75, 3.05) is 32.9 Å². The van der Waals surface area contributed by atoms with Gasteiger partial charge in [-0.05, 0) is 25.1 Å². The normalized spacial score (nSPS) is 13.2. The fourth-order valence-corrected chi connectivity index (χ4v) is 2.20. The van der Waals surface area contributed by atoms with Crippen LogP contribution in [0, 0.1) is 0 Å². The maximum atomic E-state index is 5.76. The van der Waals surface area contributed by atoms with E-state index in [1.807, 2.05) is 18.2 Å². The van der Waals surface area contributed by atoms with E-state index in [-0.39, 0.29) is 0 Å². The molecule has 20 heavy (non-hydrogen) atoms. The summed E-state index contributed by atoms with van der Waals surface area (Å²) in [7, 11) is 0. The lowest BCUT2D eigenvalue weighted by atomic mass is 10.2. The van der Waals surface area contributed by atoms with Crippen LogP contribution in [0.15, 0.2) is 18.2 Å². The summed E-state index contributed by atoms with van der Waals surface area (Å²) in [5.41, 5.74) is 0. The predicted octanol–water partition coefficient (Wildman–Crippen LogP) is 3.01. The Bertz CT molecular complexity index is 395. The van der Waals surface area contributed by atoms with Crippen LogP contribution in [0.2, 0.25) is 0 Å². The van der Waals surface area contributed by atoms with Gasteiger partial charge in [0, 0.05) is 6.54 Å². The summed E-state index contributed by atoms with van der Waals surface area (Å²) in [4.78, 5) is 0. The summed E-state index contributed by atoms with van der Waals surface area (Å²) < 4.78 is 16.9. The first kappa shape index (κ1) is 15.0. The minimum absolute atomic E-state index is 0.586.